The van der Waals surface area contributed by atoms with Gasteiger partial charge in [-0.05, 0) is 43.3 Å². The molecule has 3 rings (SSSR count). The summed E-state index contributed by atoms with van der Waals surface area (Å²) in [6.07, 6.45) is -0.261. The highest BCUT2D eigenvalue weighted by Gasteiger charge is 2.22. The second kappa shape index (κ2) is 10.4. The second-order valence-corrected chi connectivity index (χ2v) is 8.46. The van der Waals surface area contributed by atoms with Crippen molar-refractivity contribution in [3.8, 4) is 5.75 Å². The van der Waals surface area contributed by atoms with Crippen LogP contribution in [0.5, 0.6) is 5.75 Å². The van der Waals surface area contributed by atoms with Crippen LogP contribution in [0.15, 0.2) is 36.4 Å². The lowest BCUT2D eigenvalue weighted by Crippen LogP contribution is -2.48. The predicted molar refractivity (Wildman–Crippen MR) is 126 cm³/mol. The summed E-state index contributed by atoms with van der Waals surface area (Å²) in [6.45, 7) is 6.27. The van der Waals surface area contributed by atoms with E-state index < -0.39 is 6.10 Å². The third-order valence-electron chi connectivity index (χ3n) is 5.06. The lowest BCUT2D eigenvalue weighted by atomic mass is 10.2. The number of carbonyl (C=O) groups excluding carboxylic acids is 2. The van der Waals surface area contributed by atoms with Gasteiger partial charge in [-0.1, -0.05) is 41.7 Å². The number of anilines is 2. The molecule has 0 aliphatic carbocycles. The van der Waals surface area contributed by atoms with Crippen LogP contribution in [0, 0.1) is 0 Å². The first kappa shape index (κ1) is 23.5. The maximum absolute atomic E-state index is 12.5. The average Bonchev–Trinajstić information content (AvgIpc) is 2.75. The van der Waals surface area contributed by atoms with Crippen molar-refractivity contribution in [1.82, 2.24) is 4.90 Å². The van der Waals surface area contributed by atoms with Gasteiger partial charge in [-0.2, -0.15) is 0 Å². The Labute approximate surface area is 197 Å². The molecule has 166 valence electrons. The van der Waals surface area contributed by atoms with Gasteiger partial charge >= 0.3 is 0 Å². The summed E-state index contributed by atoms with van der Waals surface area (Å²) >= 11 is 18.5. The minimum Gasteiger partial charge on any atom is -0.479 e. The fourth-order valence-corrected chi connectivity index (χ4v) is 4.07. The number of nitrogens with zero attached hydrogens (tertiary/aromatic N) is 2. The lowest BCUT2D eigenvalue weighted by molar-refractivity contribution is -0.131. The largest absolute Gasteiger partial charge is 0.479 e. The highest BCUT2D eigenvalue weighted by molar-refractivity contribution is 6.35. The molecule has 1 heterocycles. The highest BCUT2D eigenvalue weighted by Crippen LogP contribution is 2.31. The molecule has 1 aliphatic rings. The van der Waals surface area contributed by atoms with Crippen LogP contribution in [0.2, 0.25) is 15.1 Å². The molecular weight excluding hydrogens is 461 g/mol. The topological polar surface area (TPSA) is 61.9 Å². The van der Waals surface area contributed by atoms with Crippen LogP contribution in [-0.4, -0.2) is 49.0 Å². The molecule has 0 aromatic heterocycles. The lowest BCUT2D eigenvalue weighted by Gasteiger charge is -2.36. The molecule has 0 bridgehead atoms. The number of rotatable bonds is 6. The Balaban J connectivity index is 1.59. The Morgan fingerprint density at radius 3 is 2.35 bits per heavy atom. The zero-order chi connectivity index (χ0) is 22.5. The van der Waals surface area contributed by atoms with E-state index in [0.717, 1.165) is 5.69 Å². The average molecular weight is 485 g/mol. The summed E-state index contributed by atoms with van der Waals surface area (Å²) in [5, 5.41) is 4.16. The summed E-state index contributed by atoms with van der Waals surface area (Å²) in [4.78, 5) is 28.4. The van der Waals surface area contributed by atoms with Crippen molar-refractivity contribution >= 4 is 58.0 Å². The number of piperazine rings is 1. The van der Waals surface area contributed by atoms with Crippen LogP contribution < -0.4 is 15.0 Å². The van der Waals surface area contributed by atoms with E-state index in [4.69, 9.17) is 39.5 Å². The Hall–Kier alpha value is -2.15. The highest BCUT2D eigenvalue weighted by atomic mass is 35.5. The van der Waals surface area contributed by atoms with E-state index in [9.17, 15) is 9.59 Å². The summed E-state index contributed by atoms with van der Waals surface area (Å²) in [5.41, 5.74) is 1.44. The fourth-order valence-electron chi connectivity index (χ4n) is 3.32. The first-order valence-electron chi connectivity index (χ1n) is 10.0. The third kappa shape index (κ3) is 5.97. The third-order valence-corrected chi connectivity index (χ3v) is 5.89. The Kier molecular flexibility index (Phi) is 7.92. The van der Waals surface area contributed by atoms with Crippen molar-refractivity contribution in [2.24, 2.45) is 0 Å². The Morgan fingerprint density at radius 2 is 1.74 bits per heavy atom. The number of nitrogens with one attached hydrogen (secondary N) is 1. The van der Waals surface area contributed by atoms with E-state index in [1.165, 1.54) is 0 Å². The van der Waals surface area contributed by atoms with Gasteiger partial charge in [0.15, 0.2) is 6.10 Å². The molecule has 0 saturated carbocycles. The van der Waals surface area contributed by atoms with Crippen LogP contribution in [0.3, 0.4) is 0 Å². The van der Waals surface area contributed by atoms with E-state index in [2.05, 4.69) is 10.2 Å². The van der Waals surface area contributed by atoms with Crippen molar-refractivity contribution in [3.05, 3.63) is 51.5 Å². The summed E-state index contributed by atoms with van der Waals surface area (Å²) < 4.78 is 5.65. The van der Waals surface area contributed by atoms with Gasteiger partial charge in [-0.15, -0.1) is 0 Å². The van der Waals surface area contributed by atoms with Crippen LogP contribution in [0.4, 0.5) is 11.4 Å². The van der Waals surface area contributed by atoms with Crippen LogP contribution in [0.25, 0.3) is 0 Å². The van der Waals surface area contributed by atoms with Crippen molar-refractivity contribution in [2.45, 2.75) is 26.4 Å². The van der Waals surface area contributed by atoms with Crippen molar-refractivity contribution in [2.75, 3.05) is 36.4 Å². The fraction of sp³-hybridized carbons (Fsp3) is 0.364. The first-order valence-corrected chi connectivity index (χ1v) is 11.2. The monoisotopic (exact) mass is 483 g/mol. The number of ether oxygens (including phenoxy) is 1. The molecule has 0 spiro atoms. The molecule has 1 fully saturated rings. The maximum Gasteiger partial charge on any atom is 0.265 e. The molecule has 31 heavy (non-hydrogen) atoms. The molecule has 1 aliphatic heterocycles. The Morgan fingerprint density at radius 1 is 1.03 bits per heavy atom. The van der Waals surface area contributed by atoms with Gasteiger partial charge in [-0.3, -0.25) is 9.59 Å². The summed E-state index contributed by atoms with van der Waals surface area (Å²) in [6, 6.07) is 10.2. The van der Waals surface area contributed by atoms with Crippen molar-refractivity contribution in [1.29, 1.82) is 0 Å². The van der Waals surface area contributed by atoms with E-state index in [0.29, 0.717) is 59.1 Å². The van der Waals surface area contributed by atoms with Gasteiger partial charge < -0.3 is 19.9 Å². The molecule has 1 saturated heterocycles. The summed E-state index contributed by atoms with van der Waals surface area (Å²) in [7, 11) is 0. The predicted octanol–water partition coefficient (Wildman–Crippen LogP) is 5.11. The van der Waals surface area contributed by atoms with Crippen LogP contribution in [0.1, 0.15) is 20.3 Å². The van der Waals surface area contributed by atoms with Crippen molar-refractivity contribution < 1.29 is 14.3 Å². The SMILES string of the molecule is CCC(=O)N1CCN(c2ccc(NC(=O)[C@@H](C)Oc3ccc(Cl)cc3Cl)cc2Cl)CC1. The zero-order valence-electron chi connectivity index (χ0n) is 17.3. The first-order chi connectivity index (χ1) is 14.8. The zero-order valence-corrected chi connectivity index (χ0v) is 19.6. The van der Waals surface area contributed by atoms with Crippen molar-refractivity contribution in [3.63, 3.8) is 0 Å². The molecule has 1 atom stereocenters. The van der Waals surface area contributed by atoms with E-state index in [1.54, 1.807) is 37.3 Å². The minimum absolute atomic E-state index is 0.167. The van der Waals surface area contributed by atoms with Crippen LogP contribution >= 0.6 is 34.8 Å². The molecule has 2 amide bonds. The number of hydrogen-bond acceptors (Lipinski definition) is 4. The number of hydrogen-bond donors (Lipinski definition) is 1. The Bertz CT molecular complexity index is 962. The van der Waals surface area contributed by atoms with E-state index in [-0.39, 0.29) is 11.8 Å². The molecule has 2 aromatic carbocycles. The number of amides is 2. The van der Waals surface area contributed by atoms with Gasteiger partial charge in [0.1, 0.15) is 5.75 Å². The maximum atomic E-state index is 12.5. The number of halogens is 3. The molecule has 1 N–H and O–H groups in total. The van der Waals surface area contributed by atoms with Gasteiger partial charge in [0.25, 0.3) is 5.91 Å². The van der Waals surface area contributed by atoms with E-state index in [1.807, 2.05) is 17.9 Å². The van der Waals surface area contributed by atoms with Gasteiger partial charge in [0, 0.05) is 43.3 Å². The second-order valence-electron chi connectivity index (χ2n) is 7.21. The molecule has 9 heteroatoms. The molecular formula is C22H24Cl3N3O3. The van der Waals surface area contributed by atoms with Crippen LogP contribution in [-0.2, 0) is 9.59 Å². The normalized spacial score (nSPS) is 14.9. The number of benzene rings is 2. The van der Waals surface area contributed by atoms with Gasteiger partial charge in [0.2, 0.25) is 5.91 Å². The van der Waals surface area contributed by atoms with Gasteiger partial charge in [-0.25, -0.2) is 0 Å². The molecule has 0 radical (unpaired) electrons. The standard InChI is InChI=1S/C22H24Cl3N3O3/c1-3-21(29)28-10-8-27(9-11-28)19-6-5-16(13-17(19)24)26-22(30)14(2)31-20-7-4-15(23)12-18(20)25/h4-7,12-14H,3,8-11H2,1-2H3,(H,26,30)/t14-/m1/s1. The molecule has 0 unspecified atom stereocenters. The summed E-state index contributed by atoms with van der Waals surface area (Å²) in [5.74, 6) is 0.212. The smallest absolute Gasteiger partial charge is 0.265 e. The van der Waals surface area contributed by atoms with E-state index >= 15 is 0 Å². The molecule has 2 aromatic rings. The minimum atomic E-state index is -0.777. The molecule has 6 nitrogen and oxygen atoms in total. The quantitative estimate of drug-likeness (QED) is 0.619. The number of carbonyl (C=O) groups is 2. The van der Waals surface area contributed by atoms with Gasteiger partial charge in [0.05, 0.1) is 15.7 Å².